The molecule has 5 rings (SSSR count). The number of carbonyl (C=O) groups excluding carboxylic acids is 2. The zero-order valence-electron chi connectivity index (χ0n) is 13.5. The second kappa shape index (κ2) is 5.90. The molecule has 3 aliphatic rings. The lowest BCUT2D eigenvalue weighted by Crippen LogP contribution is -2.62. The monoisotopic (exact) mass is 328 g/mol. The van der Waals surface area contributed by atoms with Crippen molar-refractivity contribution in [1.29, 1.82) is 0 Å². The predicted octanol–water partition coefficient (Wildman–Crippen LogP) is 1.61. The van der Waals surface area contributed by atoms with Gasteiger partial charge < -0.3 is 9.73 Å². The van der Waals surface area contributed by atoms with Crippen LogP contribution >= 0.6 is 0 Å². The first-order valence-corrected chi connectivity index (χ1v) is 8.30. The van der Waals surface area contributed by atoms with Gasteiger partial charge in [0.25, 0.3) is 5.91 Å². The van der Waals surface area contributed by atoms with Crippen molar-refractivity contribution >= 4 is 29.2 Å². The van der Waals surface area contributed by atoms with Crippen LogP contribution in [-0.4, -0.2) is 47.4 Å². The average molecular weight is 328 g/mol. The molecule has 5 heterocycles. The third-order valence-corrected chi connectivity index (χ3v) is 5.31. The number of anilines is 1. The molecule has 0 saturated carbocycles. The number of rotatable bonds is 4. The third kappa shape index (κ3) is 2.54. The summed E-state index contributed by atoms with van der Waals surface area (Å²) in [4.78, 5) is 29.8. The van der Waals surface area contributed by atoms with E-state index in [4.69, 9.17) is 4.42 Å². The van der Waals surface area contributed by atoms with Crippen LogP contribution in [0.4, 0.5) is 5.88 Å². The number of furan rings is 1. The Morgan fingerprint density at radius 3 is 2.88 bits per heavy atom. The molecule has 2 N–H and O–H groups in total. The van der Waals surface area contributed by atoms with Crippen molar-refractivity contribution in [2.45, 2.75) is 31.8 Å². The van der Waals surface area contributed by atoms with Crippen molar-refractivity contribution in [3.8, 4) is 0 Å². The average Bonchev–Trinajstić information content (AvgIpc) is 3.00. The van der Waals surface area contributed by atoms with Gasteiger partial charge in [-0.05, 0) is 38.8 Å². The smallest absolute Gasteiger partial charge is 0.270 e. The molecular formula is C17H20N4O3. The summed E-state index contributed by atoms with van der Waals surface area (Å²) in [5.74, 6) is 0.707. The molecule has 2 bridgehead atoms. The first-order valence-electron chi connectivity index (χ1n) is 8.30. The number of pyridine rings is 1. The quantitative estimate of drug-likeness (QED) is 0.833. The molecule has 3 saturated heterocycles. The maximum Gasteiger partial charge on any atom is 0.270 e. The second-order valence-electron chi connectivity index (χ2n) is 6.59. The molecule has 24 heavy (non-hydrogen) atoms. The van der Waals surface area contributed by atoms with Gasteiger partial charge >= 0.3 is 0 Å². The Kier molecular flexibility index (Phi) is 3.72. The van der Waals surface area contributed by atoms with Crippen molar-refractivity contribution < 1.29 is 14.0 Å². The molecule has 7 nitrogen and oxygen atoms in total. The van der Waals surface area contributed by atoms with Gasteiger partial charge in [0.2, 0.25) is 12.3 Å². The Morgan fingerprint density at radius 2 is 2.17 bits per heavy atom. The molecule has 0 aliphatic carbocycles. The molecule has 7 heteroatoms. The summed E-state index contributed by atoms with van der Waals surface area (Å²) in [6, 6.07) is 3.82. The van der Waals surface area contributed by atoms with E-state index in [1.54, 1.807) is 18.3 Å². The van der Waals surface area contributed by atoms with Crippen LogP contribution in [0, 0.1) is 5.92 Å². The summed E-state index contributed by atoms with van der Waals surface area (Å²) in [6.45, 7) is 4.43. The lowest BCUT2D eigenvalue weighted by molar-refractivity contribution is -0.105. The first-order chi connectivity index (χ1) is 11.7. The van der Waals surface area contributed by atoms with E-state index in [0.29, 0.717) is 35.5 Å². The fraction of sp³-hybridized carbons (Fsp3) is 0.471. The van der Waals surface area contributed by atoms with Gasteiger partial charge in [0.15, 0.2) is 0 Å². The van der Waals surface area contributed by atoms with Gasteiger partial charge in [-0.25, -0.2) is 0 Å². The van der Waals surface area contributed by atoms with Gasteiger partial charge in [0.1, 0.15) is 11.3 Å². The largest absolute Gasteiger partial charge is 0.440 e. The molecule has 3 aliphatic heterocycles. The Labute approximate surface area is 139 Å². The van der Waals surface area contributed by atoms with E-state index < -0.39 is 0 Å². The van der Waals surface area contributed by atoms with Crippen molar-refractivity contribution in [2.75, 3.05) is 18.4 Å². The standard InChI is InChI=1S/C17H20N4O3/c1-10-16(11-2-4-21(10)5-3-11)20-17(23)13-7-14-12(8-18-13)6-15(24-14)19-9-22/h6-11,16H,2-5H2,1H3,(H,19,22)(H,20,23)/t10-,16+/m1/s1. The highest BCUT2D eigenvalue weighted by Gasteiger charge is 2.40. The minimum absolute atomic E-state index is 0.168. The van der Waals surface area contributed by atoms with Crippen LogP contribution in [0.25, 0.3) is 11.0 Å². The van der Waals surface area contributed by atoms with Crippen molar-refractivity contribution in [3.63, 3.8) is 0 Å². The van der Waals surface area contributed by atoms with Gasteiger partial charge in [-0.1, -0.05) is 0 Å². The van der Waals surface area contributed by atoms with Crippen LogP contribution in [-0.2, 0) is 4.79 Å². The Balaban J connectivity index is 1.53. The van der Waals surface area contributed by atoms with E-state index in [2.05, 4.69) is 27.4 Å². The van der Waals surface area contributed by atoms with Gasteiger partial charge in [-0.3, -0.25) is 24.8 Å². The van der Waals surface area contributed by atoms with E-state index in [9.17, 15) is 9.59 Å². The van der Waals surface area contributed by atoms with Crippen molar-refractivity contribution in [3.05, 3.63) is 24.0 Å². The summed E-state index contributed by atoms with van der Waals surface area (Å²) in [7, 11) is 0. The molecule has 0 radical (unpaired) electrons. The molecular weight excluding hydrogens is 308 g/mol. The molecule has 2 aromatic heterocycles. The highest BCUT2D eigenvalue weighted by atomic mass is 16.4. The number of fused-ring (bicyclic) bond motifs is 4. The van der Waals surface area contributed by atoms with E-state index in [1.807, 2.05) is 0 Å². The summed E-state index contributed by atoms with van der Waals surface area (Å²) < 4.78 is 5.49. The Bertz CT molecular complexity index is 777. The van der Waals surface area contributed by atoms with E-state index in [-0.39, 0.29) is 11.9 Å². The van der Waals surface area contributed by atoms with E-state index >= 15 is 0 Å². The maximum absolute atomic E-state index is 12.6. The minimum atomic E-state index is -0.177. The number of amides is 2. The first kappa shape index (κ1) is 15.1. The van der Waals surface area contributed by atoms with Crippen LogP contribution in [0.2, 0.25) is 0 Å². The molecule has 0 unspecified atom stereocenters. The summed E-state index contributed by atoms with van der Waals surface area (Å²) in [5.41, 5.74) is 0.861. The predicted molar refractivity (Wildman–Crippen MR) is 88.7 cm³/mol. The normalized spacial score (nSPS) is 28.7. The van der Waals surface area contributed by atoms with Crippen LogP contribution in [0.15, 0.2) is 22.7 Å². The zero-order valence-corrected chi connectivity index (χ0v) is 13.5. The summed E-state index contributed by atoms with van der Waals surface area (Å²) in [5, 5.41) is 6.35. The molecule has 2 amide bonds. The molecule has 2 atom stereocenters. The Morgan fingerprint density at radius 1 is 1.38 bits per heavy atom. The Hall–Kier alpha value is -2.41. The van der Waals surface area contributed by atoms with Crippen molar-refractivity contribution in [1.82, 2.24) is 15.2 Å². The second-order valence-corrected chi connectivity index (χ2v) is 6.59. The number of nitrogens with one attached hydrogen (secondary N) is 2. The van der Waals surface area contributed by atoms with Gasteiger partial charge in [0.05, 0.1) is 0 Å². The van der Waals surface area contributed by atoms with E-state index in [1.165, 1.54) is 0 Å². The number of aromatic nitrogens is 1. The number of hydrogen-bond acceptors (Lipinski definition) is 5. The third-order valence-electron chi connectivity index (χ3n) is 5.31. The van der Waals surface area contributed by atoms with Crippen molar-refractivity contribution in [2.24, 2.45) is 5.92 Å². The van der Waals surface area contributed by atoms with Crippen LogP contribution in [0.5, 0.6) is 0 Å². The van der Waals surface area contributed by atoms with Crippen LogP contribution < -0.4 is 10.6 Å². The van der Waals surface area contributed by atoms with Crippen LogP contribution in [0.3, 0.4) is 0 Å². The SMILES string of the molecule is C[C@@H]1[C@H](NC(=O)c2cc3oc(NC=O)cc3cn2)C2CCN1CC2. The number of carbonyl (C=O) groups is 2. The van der Waals surface area contributed by atoms with Gasteiger partial charge in [-0.15, -0.1) is 0 Å². The number of nitrogens with zero attached hydrogens (tertiary/aromatic N) is 2. The van der Waals surface area contributed by atoms with Gasteiger partial charge in [-0.2, -0.15) is 0 Å². The maximum atomic E-state index is 12.6. The minimum Gasteiger partial charge on any atom is -0.440 e. The van der Waals surface area contributed by atoms with Crippen LogP contribution in [0.1, 0.15) is 30.3 Å². The molecule has 0 spiro atoms. The lowest BCUT2D eigenvalue weighted by Gasteiger charge is -2.49. The molecule has 3 fully saturated rings. The van der Waals surface area contributed by atoms with E-state index in [0.717, 1.165) is 31.3 Å². The summed E-state index contributed by atoms with van der Waals surface area (Å²) >= 11 is 0. The topological polar surface area (TPSA) is 87.5 Å². The number of piperidine rings is 3. The zero-order chi connectivity index (χ0) is 16.7. The highest BCUT2D eigenvalue weighted by Crippen LogP contribution is 2.32. The highest BCUT2D eigenvalue weighted by molar-refractivity contribution is 5.96. The molecule has 2 aromatic rings. The number of hydrogen-bond donors (Lipinski definition) is 2. The lowest BCUT2D eigenvalue weighted by atomic mass is 9.79. The summed E-state index contributed by atoms with van der Waals surface area (Å²) in [6.07, 6.45) is 4.42. The molecule has 0 aromatic carbocycles. The van der Waals surface area contributed by atoms with Gasteiger partial charge in [0, 0.05) is 35.8 Å². The fourth-order valence-electron chi connectivity index (χ4n) is 3.96. The molecule has 126 valence electrons. The fourth-order valence-corrected chi connectivity index (χ4v) is 3.96.